The number of hydrogen-bond acceptors (Lipinski definition) is 5. The van der Waals surface area contributed by atoms with Crippen molar-refractivity contribution < 1.29 is 0 Å². The highest BCUT2D eigenvalue weighted by molar-refractivity contribution is 5.35. The van der Waals surface area contributed by atoms with Gasteiger partial charge in [0.25, 0.3) is 0 Å². The molecule has 0 fully saturated rings. The van der Waals surface area contributed by atoms with Gasteiger partial charge in [-0.2, -0.15) is 0 Å². The molecule has 0 unspecified atom stereocenters. The minimum absolute atomic E-state index is 0.587. The van der Waals surface area contributed by atoms with Crippen LogP contribution in [-0.2, 0) is 0 Å². The fourth-order valence-corrected chi connectivity index (χ4v) is 1.02. The van der Waals surface area contributed by atoms with Crippen molar-refractivity contribution in [2.24, 2.45) is 0 Å². The van der Waals surface area contributed by atoms with Crippen molar-refractivity contribution in [1.82, 2.24) is 14.9 Å². The highest BCUT2D eigenvalue weighted by Gasteiger charge is 1.94. The zero-order valence-corrected chi connectivity index (χ0v) is 8.70. The number of nitrogens with two attached hydrogens (primary N) is 1. The molecule has 78 valence electrons. The molecule has 5 nitrogen and oxygen atoms in total. The van der Waals surface area contributed by atoms with E-state index in [-0.39, 0.29) is 0 Å². The summed E-state index contributed by atoms with van der Waals surface area (Å²) >= 11 is 0. The number of hydrogen-bond donors (Lipinski definition) is 2. The van der Waals surface area contributed by atoms with Crippen molar-refractivity contribution in [3.8, 4) is 0 Å². The molecule has 14 heavy (non-hydrogen) atoms. The molecule has 1 rings (SSSR count). The summed E-state index contributed by atoms with van der Waals surface area (Å²) in [5.74, 6) is 0.637. The summed E-state index contributed by atoms with van der Waals surface area (Å²) in [7, 11) is 4.11. The third kappa shape index (κ3) is 4.04. The third-order valence-electron chi connectivity index (χ3n) is 1.74. The summed E-state index contributed by atoms with van der Waals surface area (Å²) in [5, 5.41) is 3.12. The second-order valence-electron chi connectivity index (χ2n) is 3.42. The Labute approximate surface area is 84.3 Å². The van der Waals surface area contributed by atoms with Crippen molar-refractivity contribution in [2.75, 3.05) is 38.2 Å². The van der Waals surface area contributed by atoms with Crippen LogP contribution < -0.4 is 11.1 Å². The van der Waals surface area contributed by atoms with Gasteiger partial charge in [0.2, 0.25) is 5.95 Å². The van der Waals surface area contributed by atoms with Gasteiger partial charge in [-0.1, -0.05) is 0 Å². The van der Waals surface area contributed by atoms with Gasteiger partial charge in [-0.25, -0.2) is 9.97 Å². The molecule has 5 heteroatoms. The highest BCUT2D eigenvalue weighted by atomic mass is 15.1. The summed E-state index contributed by atoms with van der Waals surface area (Å²) in [6, 6.07) is 0. The van der Waals surface area contributed by atoms with Crippen molar-refractivity contribution >= 4 is 11.6 Å². The van der Waals surface area contributed by atoms with Gasteiger partial charge in [0.05, 0.1) is 18.1 Å². The zero-order chi connectivity index (χ0) is 10.4. The predicted molar refractivity (Wildman–Crippen MR) is 58.1 cm³/mol. The number of rotatable bonds is 5. The minimum atomic E-state index is 0.587. The molecule has 0 aliphatic heterocycles. The zero-order valence-electron chi connectivity index (χ0n) is 8.70. The van der Waals surface area contributed by atoms with Crippen molar-refractivity contribution in [2.45, 2.75) is 6.42 Å². The molecule has 0 spiro atoms. The quantitative estimate of drug-likeness (QED) is 0.667. The van der Waals surface area contributed by atoms with Gasteiger partial charge in [0, 0.05) is 6.54 Å². The van der Waals surface area contributed by atoms with Gasteiger partial charge in [-0.3, -0.25) is 0 Å². The van der Waals surface area contributed by atoms with E-state index in [1.54, 1.807) is 12.4 Å². The summed E-state index contributed by atoms with van der Waals surface area (Å²) in [6.07, 6.45) is 4.27. The molecular formula is C9H17N5. The van der Waals surface area contributed by atoms with E-state index in [1.807, 2.05) is 0 Å². The fraction of sp³-hybridized carbons (Fsp3) is 0.556. The molecule has 0 bridgehead atoms. The van der Waals surface area contributed by atoms with Crippen molar-refractivity contribution in [1.29, 1.82) is 0 Å². The molecule has 0 aliphatic carbocycles. The van der Waals surface area contributed by atoms with Crippen LogP contribution in [0.1, 0.15) is 6.42 Å². The number of nitrogens with zero attached hydrogens (tertiary/aromatic N) is 3. The Hall–Kier alpha value is -1.36. The van der Waals surface area contributed by atoms with Crippen molar-refractivity contribution in [3.05, 3.63) is 12.4 Å². The first kappa shape index (κ1) is 10.7. The number of nitrogens with one attached hydrogen (secondary N) is 1. The van der Waals surface area contributed by atoms with E-state index in [4.69, 9.17) is 5.73 Å². The largest absolute Gasteiger partial charge is 0.396 e. The maximum atomic E-state index is 5.46. The molecule has 3 N–H and O–H groups in total. The molecule has 0 amide bonds. The van der Waals surface area contributed by atoms with Crippen LogP contribution >= 0.6 is 0 Å². The summed E-state index contributed by atoms with van der Waals surface area (Å²) < 4.78 is 0. The van der Waals surface area contributed by atoms with Crippen LogP contribution in [0, 0.1) is 0 Å². The first-order valence-corrected chi connectivity index (χ1v) is 4.64. The maximum Gasteiger partial charge on any atom is 0.222 e. The van der Waals surface area contributed by atoms with Crippen molar-refractivity contribution in [3.63, 3.8) is 0 Å². The van der Waals surface area contributed by atoms with Crippen LogP contribution in [0.4, 0.5) is 11.6 Å². The Morgan fingerprint density at radius 3 is 2.57 bits per heavy atom. The van der Waals surface area contributed by atoms with Gasteiger partial charge in [-0.05, 0) is 27.1 Å². The van der Waals surface area contributed by atoms with Crippen LogP contribution in [0.15, 0.2) is 12.4 Å². The Morgan fingerprint density at radius 1 is 1.36 bits per heavy atom. The smallest absolute Gasteiger partial charge is 0.222 e. The van der Waals surface area contributed by atoms with Gasteiger partial charge < -0.3 is 16.0 Å². The number of aromatic nitrogens is 2. The average Bonchev–Trinajstić information content (AvgIpc) is 2.15. The van der Waals surface area contributed by atoms with E-state index in [9.17, 15) is 0 Å². The molecular weight excluding hydrogens is 178 g/mol. The number of nitrogen functional groups attached to an aromatic ring is 1. The molecule has 0 atom stereocenters. The van der Waals surface area contributed by atoms with Crippen LogP contribution in [0.2, 0.25) is 0 Å². The molecule has 1 aromatic rings. The van der Waals surface area contributed by atoms with Crippen LogP contribution in [0.5, 0.6) is 0 Å². The Morgan fingerprint density at radius 2 is 2.00 bits per heavy atom. The first-order chi connectivity index (χ1) is 6.68. The SMILES string of the molecule is CN(C)CCCNc1ncc(N)cn1. The Balaban J connectivity index is 2.21. The van der Waals surface area contributed by atoms with E-state index >= 15 is 0 Å². The predicted octanol–water partition coefficient (Wildman–Crippen LogP) is 0.422. The summed E-state index contributed by atoms with van der Waals surface area (Å²) in [4.78, 5) is 10.2. The normalized spacial score (nSPS) is 10.5. The lowest BCUT2D eigenvalue weighted by Crippen LogP contribution is -2.17. The molecule has 0 saturated heterocycles. The average molecular weight is 195 g/mol. The Bertz CT molecular complexity index is 256. The maximum absolute atomic E-state index is 5.46. The van der Waals surface area contributed by atoms with E-state index in [1.165, 1.54) is 0 Å². The van der Waals surface area contributed by atoms with E-state index < -0.39 is 0 Å². The minimum Gasteiger partial charge on any atom is -0.396 e. The molecule has 0 aliphatic rings. The third-order valence-corrected chi connectivity index (χ3v) is 1.74. The molecule has 0 radical (unpaired) electrons. The fourth-order valence-electron chi connectivity index (χ4n) is 1.02. The number of anilines is 2. The lowest BCUT2D eigenvalue weighted by atomic mass is 10.4. The van der Waals surface area contributed by atoms with E-state index in [2.05, 4.69) is 34.3 Å². The summed E-state index contributed by atoms with van der Waals surface area (Å²) in [5.41, 5.74) is 6.05. The van der Waals surface area contributed by atoms with E-state index in [0.29, 0.717) is 11.6 Å². The summed E-state index contributed by atoms with van der Waals surface area (Å²) in [6.45, 7) is 1.93. The van der Waals surface area contributed by atoms with Crippen LogP contribution in [0.25, 0.3) is 0 Å². The monoisotopic (exact) mass is 195 g/mol. The van der Waals surface area contributed by atoms with Gasteiger partial charge in [0.15, 0.2) is 0 Å². The Kier molecular flexibility index (Phi) is 4.12. The van der Waals surface area contributed by atoms with E-state index in [0.717, 1.165) is 19.5 Å². The molecule has 1 aromatic heterocycles. The lowest BCUT2D eigenvalue weighted by Gasteiger charge is -2.09. The molecule has 0 aromatic carbocycles. The standard InChI is InChI=1S/C9H17N5/c1-14(2)5-3-4-11-9-12-6-8(10)7-13-9/h6-7H,3-5,10H2,1-2H3,(H,11,12,13). The topological polar surface area (TPSA) is 67.1 Å². The molecule has 1 heterocycles. The van der Waals surface area contributed by atoms with Gasteiger partial charge >= 0.3 is 0 Å². The van der Waals surface area contributed by atoms with Gasteiger partial charge in [-0.15, -0.1) is 0 Å². The van der Waals surface area contributed by atoms with Crippen LogP contribution in [-0.4, -0.2) is 42.1 Å². The first-order valence-electron chi connectivity index (χ1n) is 4.64. The lowest BCUT2D eigenvalue weighted by molar-refractivity contribution is 0.405. The van der Waals surface area contributed by atoms with Crippen LogP contribution in [0.3, 0.4) is 0 Å². The second kappa shape index (κ2) is 5.39. The highest BCUT2D eigenvalue weighted by Crippen LogP contribution is 2.00. The second-order valence-corrected chi connectivity index (χ2v) is 3.42. The van der Waals surface area contributed by atoms with Gasteiger partial charge in [0.1, 0.15) is 0 Å². The molecule has 0 saturated carbocycles.